The minimum Gasteiger partial charge on any atom is -0.493 e. The van der Waals surface area contributed by atoms with E-state index in [1.165, 1.54) is 19.2 Å². The molecule has 21 heavy (non-hydrogen) atoms. The van der Waals surface area contributed by atoms with Crippen LogP contribution in [0.5, 0.6) is 17.2 Å². The van der Waals surface area contributed by atoms with Gasteiger partial charge in [-0.2, -0.15) is 0 Å². The molecule has 0 unspecified atom stereocenters. The second kappa shape index (κ2) is 5.17. The number of fused-ring (bicyclic) bond motifs is 1. The number of methoxy groups -OCH3 is 1. The standard InChI is InChI=1S/C14H13NO5S/c1-18-12-7-11(8-13-14(12)20-9-19-13)21(16,17)15-10-5-3-2-4-6-10/h2-8,15H,9H2,1H3. The van der Waals surface area contributed by atoms with Gasteiger partial charge in [0.05, 0.1) is 12.0 Å². The van der Waals surface area contributed by atoms with Crippen LogP contribution in [0, 0.1) is 0 Å². The monoisotopic (exact) mass is 307 g/mol. The van der Waals surface area contributed by atoms with E-state index in [1.54, 1.807) is 30.3 Å². The summed E-state index contributed by atoms with van der Waals surface area (Å²) in [4.78, 5) is 0.0486. The smallest absolute Gasteiger partial charge is 0.262 e. The number of benzene rings is 2. The van der Waals surface area contributed by atoms with Crippen molar-refractivity contribution in [1.82, 2.24) is 0 Å². The molecule has 0 fully saturated rings. The van der Waals surface area contributed by atoms with Crippen molar-refractivity contribution in [2.45, 2.75) is 4.90 Å². The molecule has 0 radical (unpaired) electrons. The summed E-state index contributed by atoms with van der Waals surface area (Å²) in [5.74, 6) is 1.08. The van der Waals surface area contributed by atoms with Gasteiger partial charge in [-0.25, -0.2) is 8.42 Å². The Hall–Kier alpha value is -2.41. The van der Waals surface area contributed by atoms with Crippen LogP contribution in [-0.2, 0) is 10.0 Å². The van der Waals surface area contributed by atoms with E-state index in [0.717, 1.165) is 0 Å². The summed E-state index contributed by atoms with van der Waals surface area (Å²) in [6.45, 7) is 0.0430. The quantitative estimate of drug-likeness (QED) is 0.937. The first-order valence-corrected chi connectivity index (χ1v) is 7.64. The van der Waals surface area contributed by atoms with Crippen LogP contribution in [-0.4, -0.2) is 22.3 Å². The number of rotatable bonds is 4. The van der Waals surface area contributed by atoms with Crippen LogP contribution in [0.2, 0.25) is 0 Å². The van der Waals surface area contributed by atoms with Gasteiger partial charge in [0.15, 0.2) is 11.5 Å². The highest BCUT2D eigenvalue weighted by atomic mass is 32.2. The van der Waals surface area contributed by atoms with Crippen LogP contribution in [0.25, 0.3) is 0 Å². The fourth-order valence-corrected chi connectivity index (χ4v) is 3.07. The largest absolute Gasteiger partial charge is 0.493 e. The lowest BCUT2D eigenvalue weighted by molar-refractivity contribution is 0.171. The Balaban J connectivity index is 2.00. The van der Waals surface area contributed by atoms with Crippen LogP contribution >= 0.6 is 0 Å². The third kappa shape index (κ3) is 2.59. The highest BCUT2D eigenvalue weighted by Crippen LogP contribution is 2.43. The van der Waals surface area contributed by atoms with Crippen molar-refractivity contribution in [3.63, 3.8) is 0 Å². The fraction of sp³-hybridized carbons (Fsp3) is 0.143. The number of anilines is 1. The van der Waals surface area contributed by atoms with Gasteiger partial charge in [0.25, 0.3) is 10.0 Å². The normalized spacial score (nSPS) is 13.0. The Morgan fingerprint density at radius 3 is 2.62 bits per heavy atom. The molecule has 0 atom stereocenters. The van der Waals surface area contributed by atoms with Gasteiger partial charge in [0.2, 0.25) is 12.5 Å². The van der Waals surface area contributed by atoms with Crippen molar-refractivity contribution in [3.8, 4) is 17.2 Å². The SMILES string of the molecule is COc1cc(S(=O)(=O)Nc2ccccc2)cc2c1OCO2. The number of sulfonamides is 1. The highest BCUT2D eigenvalue weighted by molar-refractivity contribution is 7.92. The van der Waals surface area contributed by atoms with Gasteiger partial charge in [-0.1, -0.05) is 18.2 Å². The zero-order valence-electron chi connectivity index (χ0n) is 11.2. The molecule has 6 nitrogen and oxygen atoms in total. The van der Waals surface area contributed by atoms with Crippen LogP contribution in [0.4, 0.5) is 5.69 Å². The molecule has 0 aromatic heterocycles. The number of nitrogens with one attached hydrogen (secondary N) is 1. The van der Waals surface area contributed by atoms with Crippen LogP contribution < -0.4 is 18.9 Å². The fourth-order valence-electron chi connectivity index (χ4n) is 1.98. The van der Waals surface area contributed by atoms with Gasteiger partial charge >= 0.3 is 0 Å². The van der Waals surface area contributed by atoms with Gasteiger partial charge in [0.1, 0.15) is 0 Å². The maximum Gasteiger partial charge on any atom is 0.262 e. The summed E-state index contributed by atoms with van der Waals surface area (Å²) < 4.78 is 42.9. The third-order valence-corrected chi connectivity index (χ3v) is 4.33. The van der Waals surface area contributed by atoms with Crippen molar-refractivity contribution >= 4 is 15.7 Å². The molecule has 1 aliphatic heterocycles. The Labute approximate surface area is 122 Å². The molecule has 0 spiro atoms. The van der Waals surface area contributed by atoms with Crippen molar-refractivity contribution in [2.75, 3.05) is 18.6 Å². The zero-order chi connectivity index (χ0) is 14.9. The van der Waals surface area contributed by atoms with Gasteiger partial charge in [-0.05, 0) is 12.1 Å². The predicted molar refractivity (Wildman–Crippen MR) is 76.4 cm³/mol. The Kier molecular flexibility index (Phi) is 3.34. The third-order valence-electron chi connectivity index (χ3n) is 2.97. The average molecular weight is 307 g/mol. The molecule has 7 heteroatoms. The minimum absolute atomic E-state index is 0.0430. The van der Waals surface area contributed by atoms with E-state index in [1.807, 2.05) is 0 Å². The highest BCUT2D eigenvalue weighted by Gasteiger charge is 2.25. The summed E-state index contributed by atoms with van der Waals surface area (Å²) >= 11 is 0. The van der Waals surface area contributed by atoms with Crippen molar-refractivity contribution in [2.24, 2.45) is 0 Å². The number of para-hydroxylation sites is 1. The van der Waals surface area contributed by atoms with E-state index >= 15 is 0 Å². The molecular weight excluding hydrogens is 294 g/mol. The lowest BCUT2D eigenvalue weighted by atomic mass is 10.3. The first kappa shape index (κ1) is 13.6. The molecule has 110 valence electrons. The van der Waals surface area contributed by atoms with Gasteiger partial charge in [-0.15, -0.1) is 0 Å². The van der Waals surface area contributed by atoms with Crippen molar-refractivity contribution in [1.29, 1.82) is 0 Å². The van der Waals surface area contributed by atoms with Crippen LogP contribution in [0.3, 0.4) is 0 Å². The van der Waals surface area contributed by atoms with E-state index in [-0.39, 0.29) is 11.7 Å². The number of hydrogen-bond donors (Lipinski definition) is 1. The Bertz CT molecular complexity index is 758. The molecule has 2 aromatic rings. The minimum atomic E-state index is -3.73. The molecule has 1 heterocycles. The lowest BCUT2D eigenvalue weighted by Gasteiger charge is -2.10. The van der Waals surface area contributed by atoms with Crippen LogP contribution in [0.15, 0.2) is 47.4 Å². The van der Waals surface area contributed by atoms with Gasteiger partial charge < -0.3 is 14.2 Å². The molecule has 0 amide bonds. The first-order valence-electron chi connectivity index (χ1n) is 6.15. The second-order valence-corrected chi connectivity index (χ2v) is 6.01. The summed E-state index contributed by atoms with van der Waals surface area (Å²) in [7, 11) is -2.29. The van der Waals surface area contributed by atoms with Gasteiger partial charge in [0, 0.05) is 17.8 Å². The summed E-state index contributed by atoms with van der Waals surface area (Å²) in [5.41, 5.74) is 0.481. The number of hydrogen-bond acceptors (Lipinski definition) is 5. The Morgan fingerprint density at radius 1 is 1.14 bits per heavy atom. The zero-order valence-corrected chi connectivity index (χ0v) is 12.0. The topological polar surface area (TPSA) is 73.9 Å². The predicted octanol–water partition coefficient (Wildman–Crippen LogP) is 2.22. The van der Waals surface area contributed by atoms with E-state index < -0.39 is 10.0 Å². The first-order chi connectivity index (χ1) is 10.1. The molecule has 3 rings (SSSR count). The van der Waals surface area contributed by atoms with Crippen molar-refractivity contribution in [3.05, 3.63) is 42.5 Å². The second-order valence-electron chi connectivity index (χ2n) is 4.33. The lowest BCUT2D eigenvalue weighted by Crippen LogP contribution is -2.13. The molecular formula is C14H13NO5S. The molecule has 2 aromatic carbocycles. The molecule has 1 N–H and O–H groups in total. The molecule has 0 saturated carbocycles. The molecule has 0 aliphatic carbocycles. The summed E-state index contributed by atoms with van der Waals surface area (Å²) in [6, 6.07) is 11.5. The van der Waals surface area contributed by atoms with Gasteiger partial charge in [-0.3, -0.25) is 4.72 Å². The average Bonchev–Trinajstić information content (AvgIpc) is 2.95. The molecule has 0 saturated heterocycles. The summed E-state index contributed by atoms with van der Waals surface area (Å²) in [6.07, 6.45) is 0. The summed E-state index contributed by atoms with van der Waals surface area (Å²) in [5, 5.41) is 0. The van der Waals surface area contributed by atoms with E-state index in [2.05, 4.69) is 4.72 Å². The van der Waals surface area contributed by atoms with Crippen molar-refractivity contribution < 1.29 is 22.6 Å². The van der Waals surface area contributed by atoms with Crippen LogP contribution in [0.1, 0.15) is 0 Å². The maximum atomic E-state index is 12.4. The number of ether oxygens (including phenoxy) is 3. The maximum absolute atomic E-state index is 12.4. The van der Waals surface area contributed by atoms with E-state index in [9.17, 15) is 8.42 Å². The van der Waals surface area contributed by atoms with E-state index in [0.29, 0.717) is 22.9 Å². The molecule has 0 bridgehead atoms. The van der Waals surface area contributed by atoms with E-state index in [4.69, 9.17) is 14.2 Å². The molecule has 1 aliphatic rings. The Morgan fingerprint density at radius 2 is 1.90 bits per heavy atom.